The molecule has 34 heavy (non-hydrogen) atoms. The SMILES string of the molecule is CCC(C)CNCC1(OC(C)=O)CN(C(=O)c2ccc(F)c(F)c2Nc2ccc(I)cc2F)C1. The Bertz CT molecular complexity index is 1080. The quantitative estimate of drug-likeness (QED) is 0.324. The van der Waals surface area contributed by atoms with Crippen LogP contribution in [0.3, 0.4) is 0 Å². The summed E-state index contributed by atoms with van der Waals surface area (Å²) < 4.78 is 49.1. The number of esters is 1. The van der Waals surface area contributed by atoms with Gasteiger partial charge in [0.25, 0.3) is 5.91 Å². The Kier molecular flexibility index (Phi) is 8.45. The first kappa shape index (κ1) is 26.3. The standard InChI is InChI=1S/C24H27F3IN3O3/c1-4-14(2)10-29-11-24(34-15(3)32)12-31(13-24)23(33)17-6-7-18(25)21(27)22(17)30-20-8-5-16(28)9-19(20)26/h5-9,14,29-30H,4,10-13H2,1-3H3. The van der Waals surface area contributed by atoms with E-state index in [9.17, 15) is 22.8 Å². The van der Waals surface area contributed by atoms with Crippen molar-refractivity contribution in [1.29, 1.82) is 0 Å². The molecule has 1 heterocycles. The van der Waals surface area contributed by atoms with Gasteiger partial charge in [0.05, 0.1) is 30.0 Å². The van der Waals surface area contributed by atoms with Crippen LogP contribution in [0, 0.1) is 26.9 Å². The Morgan fingerprint density at radius 1 is 1.18 bits per heavy atom. The molecule has 1 unspecified atom stereocenters. The fourth-order valence-electron chi connectivity index (χ4n) is 3.75. The van der Waals surface area contributed by atoms with E-state index >= 15 is 0 Å². The van der Waals surface area contributed by atoms with Crippen LogP contribution in [0.15, 0.2) is 30.3 Å². The molecule has 184 valence electrons. The Labute approximate surface area is 210 Å². The van der Waals surface area contributed by atoms with Gasteiger partial charge < -0.3 is 20.3 Å². The number of rotatable bonds is 9. The van der Waals surface area contributed by atoms with Crippen molar-refractivity contribution >= 4 is 45.8 Å². The fourth-order valence-corrected chi connectivity index (χ4v) is 4.20. The number of anilines is 2. The number of likely N-dealkylation sites (tertiary alicyclic amines) is 1. The molecule has 1 aliphatic heterocycles. The maximum absolute atomic E-state index is 14.7. The molecule has 1 fully saturated rings. The zero-order valence-electron chi connectivity index (χ0n) is 19.2. The number of benzene rings is 2. The predicted molar refractivity (Wildman–Crippen MR) is 131 cm³/mol. The molecule has 1 amide bonds. The molecule has 0 aliphatic carbocycles. The summed E-state index contributed by atoms with van der Waals surface area (Å²) in [4.78, 5) is 26.2. The number of hydrogen-bond donors (Lipinski definition) is 2. The highest BCUT2D eigenvalue weighted by Gasteiger charge is 2.48. The Morgan fingerprint density at radius 2 is 1.88 bits per heavy atom. The minimum absolute atomic E-state index is 0.0916. The summed E-state index contributed by atoms with van der Waals surface area (Å²) in [6.45, 7) is 6.74. The van der Waals surface area contributed by atoms with Crippen LogP contribution in [-0.2, 0) is 9.53 Å². The molecule has 2 aromatic carbocycles. The lowest BCUT2D eigenvalue weighted by molar-refractivity contribution is -0.172. The van der Waals surface area contributed by atoms with Crippen molar-refractivity contribution in [3.63, 3.8) is 0 Å². The molecular formula is C24H27F3IN3O3. The van der Waals surface area contributed by atoms with E-state index in [0.29, 0.717) is 16.0 Å². The van der Waals surface area contributed by atoms with Crippen LogP contribution in [0.5, 0.6) is 0 Å². The van der Waals surface area contributed by atoms with E-state index in [1.54, 1.807) is 6.07 Å². The predicted octanol–water partition coefficient (Wildman–Crippen LogP) is 4.85. The molecular weight excluding hydrogens is 562 g/mol. The van der Waals surface area contributed by atoms with Gasteiger partial charge in [-0.2, -0.15) is 0 Å². The molecule has 2 N–H and O–H groups in total. The van der Waals surface area contributed by atoms with Gasteiger partial charge in [0.2, 0.25) is 0 Å². The first-order valence-electron chi connectivity index (χ1n) is 10.9. The highest BCUT2D eigenvalue weighted by Crippen LogP contribution is 2.33. The van der Waals surface area contributed by atoms with E-state index in [-0.39, 0.29) is 24.3 Å². The highest BCUT2D eigenvalue weighted by atomic mass is 127. The Hall–Kier alpha value is -2.34. The fraction of sp³-hybridized carbons (Fsp3) is 0.417. The van der Waals surface area contributed by atoms with Gasteiger partial charge in [-0.1, -0.05) is 20.3 Å². The minimum atomic E-state index is -1.29. The Balaban J connectivity index is 1.80. The third kappa shape index (κ3) is 6.01. The monoisotopic (exact) mass is 589 g/mol. The number of amides is 1. The molecule has 0 spiro atoms. The van der Waals surface area contributed by atoms with Crippen molar-refractivity contribution in [3.05, 3.63) is 56.9 Å². The smallest absolute Gasteiger partial charge is 0.303 e. The topological polar surface area (TPSA) is 70.7 Å². The zero-order chi connectivity index (χ0) is 25.0. The van der Waals surface area contributed by atoms with E-state index in [1.807, 2.05) is 22.6 Å². The zero-order valence-corrected chi connectivity index (χ0v) is 21.3. The maximum atomic E-state index is 14.7. The van der Waals surface area contributed by atoms with E-state index in [0.717, 1.165) is 25.1 Å². The molecule has 0 aromatic heterocycles. The minimum Gasteiger partial charge on any atom is -0.454 e. The van der Waals surface area contributed by atoms with E-state index in [4.69, 9.17) is 4.74 Å². The number of halogens is 4. The molecule has 0 saturated carbocycles. The van der Waals surface area contributed by atoms with Gasteiger partial charge >= 0.3 is 5.97 Å². The number of hydrogen-bond acceptors (Lipinski definition) is 5. The van der Waals surface area contributed by atoms with Crippen molar-refractivity contribution < 1.29 is 27.5 Å². The van der Waals surface area contributed by atoms with Gasteiger partial charge in [0, 0.05) is 17.0 Å². The molecule has 6 nitrogen and oxygen atoms in total. The summed E-state index contributed by atoms with van der Waals surface area (Å²) in [5.74, 6) is -3.74. The van der Waals surface area contributed by atoms with Crippen LogP contribution in [0.25, 0.3) is 0 Å². The van der Waals surface area contributed by atoms with Gasteiger partial charge in [-0.3, -0.25) is 9.59 Å². The molecule has 1 saturated heterocycles. The summed E-state index contributed by atoms with van der Waals surface area (Å²) in [6.07, 6.45) is 0.991. The van der Waals surface area contributed by atoms with Crippen molar-refractivity contribution in [2.24, 2.45) is 5.92 Å². The van der Waals surface area contributed by atoms with Gasteiger partial charge in [0.1, 0.15) is 5.82 Å². The number of nitrogens with one attached hydrogen (secondary N) is 2. The molecule has 3 rings (SSSR count). The van der Waals surface area contributed by atoms with Crippen LogP contribution in [0.2, 0.25) is 0 Å². The van der Waals surface area contributed by atoms with Crippen LogP contribution in [0.4, 0.5) is 24.5 Å². The third-order valence-corrected chi connectivity index (χ3v) is 6.43. The van der Waals surface area contributed by atoms with Crippen molar-refractivity contribution in [3.8, 4) is 0 Å². The van der Waals surface area contributed by atoms with Gasteiger partial charge in [0.15, 0.2) is 17.2 Å². The maximum Gasteiger partial charge on any atom is 0.303 e. The number of carbonyl (C=O) groups is 2. The van der Waals surface area contributed by atoms with Crippen molar-refractivity contribution in [1.82, 2.24) is 10.2 Å². The lowest BCUT2D eigenvalue weighted by atomic mass is 9.92. The second-order valence-electron chi connectivity index (χ2n) is 8.62. The highest BCUT2D eigenvalue weighted by molar-refractivity contribution is 14.1. The van der Waals surface area contributed by atoms with Gasteiger partial charge in [-0.15, -0.1) is 0 Å². The van der Waals surface area contributed by atoms with Crippen molar-refractivity contribution in [2.45, 2.75) is 32.8 Å². The van der Waals surface area contributed by atoms with Crippen LogP contribution in [0.1, 0.15) is 37.6 Å². The Morgan fingerprint density at radius 3 is 2.50 bits per heavy atom. The van der Waals surface area contributed by atoms with E-state index in [2.05, 4.69) is 24.5 Å². The largest absolute Gasteiger partial charge is 0.454 e. The summed E-state index contributed by atoms with van der Waals surface area (Å²) in [5, 5.41) is 5.80. The average Bonchev–Trinajstić information content (AvgIpc) is 2.75. The first-order valence-corrected chi connectivity index (χ1v) is 12.0. The van der Waals surface area contributed by atoms with Gasteiger partial charge in [-0.25, -0.2) is 13.2 Å². The van der Waals surface area contributed by atoms with E-state index < -0.39 is 40.6 Å². The van der Waals surface area contributed by atoms with Gasteiger partial charge in [-0.05, 0) is 65.4 Å². The second-order valence-corrected chi connectivity index (χ2v) is 9.86. The van der Waals surface area contributed by atoms with Crippen LogP contribution < -0.4 is 10.6 Å². The molecule has 10 heteroatoms. The van der Waals surface area contributed by atoms with E-state index in [1.165, 1.54) is 24.0 Å². The van der Waals surface area contributed by atoms with Crippen LogP contribution >= 0.6 is 22.6 Å². The number of nitrogens with zero attached hydrogens (tertiary/aromatic N) is 1. The lowest BCUT2D eigenvalue weighted by Gasteiger charge is -2.49. The molecule has 0 radical (unpaired) electrons. The van der Waals surface area contributed by atoms with Crippen molar-refractivity contribution in [2.75, 3.05) is 31.5 Å². The number of carbonyl (C=O) groups excluding carboxylic acids is 2. The molecule has 2 aromatic rings. The summed E-state index contributed by atoms with van der Waals surface area (Å²) in [5.41, 5.74) is -1.60. The first-order chi connectivity index (χ1) is 16.0. The summed E-state index contributed by atoms with van der Waals surface area (Å²) >= 11 is 1.93. The summed E-state index contributed by atoms with van der Waals surface area (Å²) in [7, 11) is 0. The second kappa shape index (κ2) is 10.9. The third-order valence-electron chi connectivity index (χ3n) is 5.76. The lowest BCUT2D eigenvalue weighted by Crippen LogP contribution is -2.69. The van der Waals surface area contributed by atoms with Crippen LogP contribution in [-0.4, -0.2) is 48.6 Å². The molecule has 1 aliphatic rings. The summed E-state index contributed by atoms with van der Waals surface area (Å²) in [6, 6.07) is 6.22. The average molecular weight is 589 g/mol. The normalized spacial score (nSPS) is 15.4. The molecule has 0 bridgehead atoms. The number of ether oxygens (including phenoxy) is 1. The molecule has 1 atom stereocenters.